The van der Waals surface area contributed by atoms with E-state index in [-0.39, 0.29) is 11.9 Å². The largest absolute Gasteiger partial charge is 0.349 e. The van der Waals surface area contributed by atoms with Crippen LogP contribution in [0.3, 0.4) is 0 Å². The smallest absolute Gasteiger partial charge is 0.251 e. The van der Waals surface area contributed by atoms with Crippen molar-refractivity contribution < 1.29 is 13.2 Å². The monoisotopic (exact) mass is 426 g/mol. The molecule has 0 bridgehead atoms. The van der Waals surface area contributed by atoms with Crippen LogP contribution in [0, 0.1) is 0 Å². The molecule has 1 aliphatic carbocycles. The van der Waals surface area contributed by atoms with Crippen LogP contribution in [0.15, 0.2) is 53.4 Å². The standard InChI is InChI=1S/C24H30N2O3S/c27-24(25-22-10-3-1-2-4-11-22)21-9-7-8-20(18-21)19-12-14-23(15-13-19)30(28,29)26-16-5-6-17-26/h7-9,12-15,18,22H,1-6,10-11,16-17H2,(H,25,27). The van der Waals surface area contributed by atoms with Crippen LogP contribution in [0.25, 0.3) is 11.1 Å². The Bertz CT molecular complexity index is 972. The van der Waals surface area contributed by atoms with Crippen molar-refractivity contribution in [2.24, 2.45) is 0 Å². The zero-order chi connectivity index (χ0) is 21.0. The van der Waals surface area contributed by atoms with Gasteiger partial charge >= 0.3 is 0 Å². The van der Waals surface area contributed by atoms with Crippen molar-refractivity contribution >= 4 is 15.9 Å². The Morgan fingerprint density at radius 2 is 1.50 bits per heavy atom. The van der Waals surface area contributed by atoms with Crippen LogP contribution in [-0.4, -0.2) is 37.8 Å². The fraction of sp³-hybridized carbons (Fsp3) is 0.458. The summed E-state index contributed by atoms with van der Waals surface area (Å²) in [6.07, 6.45) is 8.82. The lowest BCUT2D eigenvalue weighted by atomic mass is 10.0. The second-order valence-electron chi connectivity index (χ2n) is 8.38. The molecule has 0 unspecified atom stereocenters. The number of hydrogen-bond donors (Lipinski definition) is 1. The van der Waals surface area contributed by atoms with Gasteiger partial charge in [0.15, 0.2) is 0 Å². The lowest BCUT2D eigenvalue weighted by Crippen LogP contribution is -2.34. The van der Waals surface area contributed by atoms with Crippen molar-refractivity contribution in [3.05, 3.63) is 54.1 Å². The second kappa shape index (κ2) is 9.31. The van der Waals surface area contributed by atoms with Gasteiger partial charge in [0.25, 0.3) is 5.91 Å². The molecule has 5 nitrogen and oxygen atoms in total. The van der Waals surface area contributed by atoms with Crippen LogP contribution < -0.4 is 5.32 Å². The number of amides is 1. The number of carbonyl (C=O) groups is 1. The first-order valence-corrected chi connectivity index (χ1v) is 12.5. The summed E-state index contributed by atoms with van der Waals surface area (Å²) in [5.74, 6) is -0.0306. The Kier molecular flexibility index (Phi) is 6.54. The van der Waals surface area contributed by atoms with E-state index in [0.717, 1.165) is 36.8 Å². The summed E-state index contributed by atoms with van der Waals surface area (Å²) < 4.78 is 27.0. The van der Waals surface area contributed by atoms with Crippen LogP contribution in [0.4, 0.5) is 0 Å². The number of nitrogens with zero attached hydrogens (tertiary/aromatic N) is 1. The molecule has 2 aromatic rings. The molecule has 0 radical (unpaired) electrons. The minimum absolute atomic E-state index is 0.0306. The highest BCUT2D eigenvalue weighted by Gasteiger charge is 2.27. The summed E-state index contributed by atoms with van der Waals surface area (Å²) >= 11 is 0. The van der Waals surface area contributed by atoms with Crippen LogP contribution in [0.2, 0.25) is 0 Å². The third-order valence-corrected chi connectivity index (χ3v) is 8.12. The predicted molar refractivity (Wildman–Crippen MR) is 119 cm³/mol. The third kappa shape index (κ3) is 4.76. The molecule has 1 N–H and O–H groups in total. The van der Waals surface area contributed by atoms with Crippen molar-refractivity contribution in [3.8, 4) is 11.1 Å². The molecular formula is C24H30N2O3S. The second-order valence-corrected chi connectivity index (χ2v) is 10.3. The zero-order valence-corrected chi connectivity index (χ0v) is 18.2. The highest BCUT2D eigenvalue weighted by molar-refractivity contribution is 7.89. The highest BCUT2D eigenvalue weighted by atomic mass is 32.2. The van der Waals surface area contributed by atoms with Gasteiger partial charge in [-0.05, 0) is 61.1 Å². The third-order valence-electron chi connectivity index (χ3n) is 6.21. The fourth-order valence-corrected chi connectivity index (χ4v) is 5.95. The normalized spacial score (nSPS) is 18.8. The summed E-state index contributed by atoms with van der Waals surface area (Å²) in [6.45, 7) is 1.20. The lowest BCUT2D eigenvalue weighted by Gasteiger charge is -2.17. The maximum atomic E-state index is 12.7. The molecule has 0 aromatic heterocycles. The Balaban J connectivity index is 1.48. The van der Waals surface area contributed by atoms with Gasteiger partial charge in [-0.3, -0.25) is 4.79 Å². The average Bonchev–Trinajstić information content (AvgIpc) is 3.21. The number of rotatable bonds is 5. The minimum atomic E-state index is -3.41. The molecule has 4 rings (SSSR count). The summed E-state index contributed by atoms with van der Waals surface area (Å²) in [4.78, 5) is 13.1. The molecule has 1 heterocycles. The SMILES string of the molecule is O=C(NC1CCCCCC1)c1cccc(-c2ccc(S(=O)(=O)N3CCCC3)cc2)c1. The first-order chi connectivity index (χ1) is 14.5. The summed E-state index contributed by atoms with van der Waals surface area (Å²) in [5, 5.41) is 3.19. The van der Waals surface area contributed by atoms with Gasteiger partial charge in [-0.25, -0.2) is 8.42 Å². The fourth-order valence-electron chi connectivity index (χ4n) is 4.43. The van der Waals surface area contributed by atoms with Crippen LogP contribution in [-0.2, 0) is 10.0 Å². The molecule has 1 saturated carbocycles. The molecule has 1 aliphatic heterocycles. The van der Waals surface area contributed by atoms with E-state index < -0.39 is 10.0 Å². The Hall–Kier alpha value is -2.18. The number of benzene rings is 2. The quantitative estimate of drug-likeness (QED) is 0.711. The molecule has 6 heteroatoms. The van der Waals surface area contributed by atoms with Gasteiger partial charge in [-0.2, -0.15) is 4.31 Å². The van der Waals surface area contributed by atoms with Crippen LogP contribution in [0.1, 0.15) is 61.7 Å². The molecule has 160 valence electrons. The number of carbonyl (C=O) groups excluding carboxylic acids is 1. The van der Waals surface area contributed by atoms with E-state index in [1.54, 1.807) is 16.4 Å². The minimum Gasteiger partial charge on any atom is -0.349 e. The van der Waals surface area contributed by atoms with Crippen LogP contribution in [0.5, 0.6) is 0 Å². The summed E-state index contributed by atoms with van der Waals surface area (Å²) in [7, 11) is -3.41. The maximum absolute atomic E-state index is 12.7. The Labute approximate surface area is 179 Å². The van der Waals surface area contributed by atoms with Gasteiger partial charge in [0.2, 0.25) is 10.0 Å². The highest BCUT2D eigenvalue weighted by Crippen LogP contribution is 2.26. The van der Waals surface area contributed by atoms with Gasteiger partial charge in [0.1, 0.15) is 0 Å². The zero-order valence-electron chi connectivity index (χ0n) is 17.3. The molecule has 2 fully saturated rings. The van der Waals surface area contributed by atoms with E-state index in [4.69, 9.17) is 0 Å². The number of sulfonamides is 1. The predicted octanol–water partition coefficient (Wildman–Crippen LogP) is 4.59. The first kappa shape index (κ1) is 21.1. The van der Waals surface area contributed by atoms with Gasteiger partial charge in [0.05, 0.1) is 4.90 Å². The van der Waals surface area contributed by atoms with Crippen molar-refractivity contribution in [3.63, 3.8) is 0 Å². The van der Waals surface area contributed by atoms with Crippen molar-refractivity contribution in [1.29, 1.82) is 0 Å². The molecular weight excluding hydrogens is 396 g/mol. The van der Waals surface area contributed by atoms with Gasteiger partial charge in [-0.1, -0.05) is 49.9 Å². The van der Waals surface area contributed by atoms with Crippen molar-refractivity contribution in [2.75, 3.05) is 13.1 Å². The van der Waals surface area contributed by atoms with E-state index in [9.17, 15) is 13.2 Å². The van der Waals surface area contributed by atoms with E-state index in [1.165, 1.54) is 25.7 Å². The van der Waals surface area contributed by atoms with E-state index in [1.807, 2.05) is 36.4 Å². The van der Waals surface area contributed by atoms with Crippen molar-refractivity contribution in [1.82, 2.24) is 9.62 Å². The molecule has 30 heavy (non-hydrogen) atoms. The summed E-state index contributed by atoms with van der Waals surface area (Å²) in [6, 6.07) is 14.8. The molecule has 0 atom stereocenters. The average molecular weight is 427 g/mol. The molecule has 2 aliphatic rings. The molecule has 2 aromatic carbocycles. The molecule has 1 saturated heterocycles. The number of hydrogen-bond acceptors (Lipinski definition) is 3. The van der Waals surface area contributed by atoms with Crippen LogP contribution >= 0.6 is 0 Å². The van der Waals surface area contributed by atoms with E-state index >= 15 is 0 Å². The van der Waals surface area contributed by atoms with Gasteiger partial charge < -0.3 is 5.32 Å². The summed E-state index contributed by atoms with van der Waals surface area (Å²) in [5.41, 5.74) is 2.46. The Morgan fingerprint density at radius 1 is 0.833 bits per heavy atom. The van der Waals surface area contributed by atoms with Gasteiger partial charge in [-0.15, -0.1) is 0 Å². The number of nitrogens with one attached hydrogen (secondary N) is 1. The molecule has 0 spiro atoms. The topological polar surface area (TPSA) is 66.5 Å². The van der Waals surface area contributed by atoms with E-state index in [2.05, 4.69) is 5.32 Å². The van der Waals surface area contributed by atoms with E-state index in [0.29, 0.717) is 23.5 Å². The van der Waals surface area contributed by atoms with Crippen molar-refractivity contribution in [2.45, 2.75) is 62.3 Å². The Morgan fingerprint density at radius 3 is 2.17 bits per heavy atom. The first-order valence-electron chi connectivity index (χ1n) is 11.1. The van der Waals surface area contributed by atoms with Gasteiger partial charge in [0, 0.05) is 24.7 Å². The lowest BCUT2D eigenvalue weighted by molar-refractivity contribution is 0.0933. The molecule has 1 amide bonds. The maximum Gasteiger partial charge on any atom is 0.251 e.